The fraction of sp³-hybridized carbons (Fsp3) is 0.0800. The van der Waals surface area contributed by atoms with Gasteiger partial charge in [0.25, 0.3) is 5.91 Å². The van der Waals surface area contributed by atoms with E-state index in [9.17, 15) is 9.59 Å². The van der Waals surface area contributed by atoms with Crippen LogP contribution in [0.4, 0.5) is 11.4 Å². The Hall–Kier alpha value is -4.39. The lowest BCUT2D eigenvalue weighted by molar-refractivity contribution is -0.132. The maximum absolute atomic E-state index is 12.8. The third kappa shape index (κ3) is 5.60. The van der Waals surface area contributed by atoms with Gasteiger partial charge in [-0.1, -0.05) is 49.4 Å². The van der Waals surface area contributed by atoms with Gasteiger partial charge in [0.1, 0.15) is 6.34 Å². The zero-order valence-corrected chi connectivity index (χ0v) is 17.6. The van der Waals surface area contributed by atoms with E-state index in [-0.39, 0.29) is 5.91 Å². The minimum atomic E-state index is -0.933. The maximum Gasteiger partial charge on any atom is 0.331 e. The molecule has 0 saturated carbocycles. The Kier molecular flexibility index (Phi) is 7.37. The van der Waals surface area contributed by atoms with Crippen molar-refractivity contribution in [2.45, 2.75) is 13.3 Å². The van der Waals surface area contributed by atoms with Crippen molar-refractivity contribution in [3.63, 3.8) is 0 Å². The lowest BCUT2D eigenvalue weighted by Crippen LogP contribution is -2.11. The van der Waals surface area contributed by atoms with E-state index in [1.54, 1.807) is 43.3 Å². The van der Waals surface area contributed by atoms with Gasteiger partial charge in [0, 0.05) is 28.1 Å². The summed E-state index contributed by atoms with van der Waals surface area (Å²) in [6.07, 6.45) is 3.45. The molecule has 0 spiro atoms. The van der Waals surface area contributed by atoms with Crippen molar-refractivity contribution in [2.24, 2.45) is 10.9 Å². The zero-order valence-electron chi connectivity index (χ0n) is 17.6. The molecule has 3 rings (SSSR count). The molecule has 0 fully saturated rings. The number of benzene rings is 3. The first-order chi connectivity index (χ1) is 15.5. The van der Waals surface area contributed by atoms with Crippen LogP contribution in [-0.4, -0.2) is 23.3 Å². The molecule has 5 N–H and O–H groups in total. The number of nitrogens with two attached hydrogens (primary N) is 1. The first-order valence-corrected chi connectivity index (χ1v) is 10.0. The number of carbonyl (C=O) groups excluding carboxylic acids is 1. The summed E-state index contributed by atoms with van der Waals surface area (Å²) in [4.78, 5) is 24.0. The number of carboxylic acid groups (broad SMARTS) is 1. The standard InChI is InChI=1S/C25H24N4O3/c1-2-18(25(31)32)14-17-10-12-21(13-11-17)29-24(30)20-7-5-6-19(15-20)22-8-3-4-9-23(22)27-16-28-26/h3-16H,2,26H2,1H3,(H,27,28)(H,29,30)(H,31,32). The summed E-state index contributed by atoms with van der Waals surface area (Å²) in [5.41, 5.74) is 4.80. The van der Waals surface area contributed by atoms with Crippen molar-refractivity contribution >= 4 is 35.7 Å². The molecule has 0 unspecified atom stereocenters. The van der Waals surface area contributed by atoms with E-state index in [0.717, 1.165) is 22.4 Å². The van der Waals surface area contributed by atoms with Gasteiger partial charge < -0.3 is 21.6 Å². The molecule has 3 aromatic rings. The van der Waals surface area contributed by atoms with E-state index in [1.165, 1.54) is 6.34 Å². The fourth-order valence-electron chi connectivity index (χ4n) is 3.18. The van der Waals surface area contributed by atoms with Gasteiger partial charge in [-0.3, -0.25) is 4.79 Å². The summed E-state index contributed by atoms with van der Waals surface area (Å²) in [6.45, 7) is 1.79. The molecule has 0 heterocycles. The second kappa shape index (κ2) is 10.6. The molecular formula is C25H24N4O3. The molecule has 1 amide bonds. The molecule has 0 bridgehead atoms. The highest BCUT2D eigenvalue weighted by atomic mass is 16.4. The number of hydrogen-bond donors (Lipinski definition) is 4. The highest BCUT2D eigenvalue weighted by molar-refractivity contribution is 6.05. The van der Waals surface area contributed by atoms with E-state index >= 15 is 0 Å². The number of carboxylic acids is 1. The molecule has 0 aliphatic heterocycles. The number of hydrogen-bond acceptors (Lipinski definition) is 4. The van der Waals surface area contributed by atoms with Crippen molar-refractivity contribution in [2.75, 3.05) is 10.6 Å². The normalized spacial score (nSPS) is 11.3. The predicted molar refractivity (Wildman–Crippen MR) is 128 cm³/mol. The first kappa shape index (κ1) is 22.3. The number of nitrogens with zero attached hydrogens (tertiary/aromatic N) is 1. The van der Waals surface area contributed by atoms with Crippen LogP contribution in [0.3, 0.4) is 0 Å². The van der Waals surface area contributed by atoms with E-state index in [2.05, 4.69) is 15.7 Å². The molecule has 7 heteroatoms. The lowest BCUT2D eigenvalue weighted by Gasteiger charge is -2.11. The van der Waals surface area contributed by atoms with Crippen LogP contribution >= 0.6 is 0 Å². The Balaban J connectivity index is 1.78. The van der Waals surface area contributed by atoms with Crippen molar-refractivity contribution in [1.29, 1.82) is 0 Å². The highest BCUT2D eigenvalue weighted by Gasteiger charge is 2.10. The molecule has 0 radical (unpaired) electrons. The molecule has 7 nitrogen and oxygen atoms in total. The van der Waals surface area contributed by atoms with Crippen molar-refractivity contribution in [3.05, 3.63) is 89.5 Å². The number of aliphatic carboxylic acids is 1. The van der Waals surface area contributed by atoms with Gasteiger partial charge in [0.05, 0.1) is 0 Å². The van der Waals surface area contributed by atoms with Crippen LogP contribution in [0.5, 0.6) is 0 Å². The predicted octanol–water partition coefficient (Wildman–Crippen LogP) is 4.80. The van der Waals surface area contributed by atoms with Crippen LogP contribution < -0.4 is 16.5 Å². The molecule has 0 aliphatic carbocycles. The van der Waals surface area contributed by atoms with Gasteiger partial charge >= 0.3 is 5.97 Å². The molecular weight excluding hydrogens is 404 g/mol. The van der Waals surface area contributed by atoms with Crippen LogP contribution in [0, 0.1) is 0 Å². The topological polar surface area (TPSA) is 117 Å². The first-order valence-electron chi connectivity index (χ1n) is 10.0. The SMILES string of the molecule is CCC(=Cc1ccc(NC(=O)c2cccc(-c3ccccc3NC=NN)c2)cc1)C(=O)O. The van der Waals surface area contributed by atoms with Crippen molar-refractivity contribution in [1.82, 2.24) is 0 Å². The van der Waals surface area contributed by atoms with Gasteiger partial charge in [0.15, 0.2) is 0 Å². The van der Waals surface area contributed by atoms with E-state index < -0.39 is 5.97 Å². The smallest absolute Gasteiger partial charge is 0.331 e. The minimum absolute atomic E-state index is 0.246. The quantitative estimate of drug-likeness (QED) is 0.135. The summed E-state index contributed by atoms with van der Waals surface area (Å²) >= 11 is 0. The van der Waals surface area contributed by atoms with Crippen molar-refractivity contribution < 1.29 is 14.7 Å². The number of rotatable bonds is 8. The summed E-state index contributed by atoms with van der Waals surface area (Å²) in [5.74, 6) is 4.00. The number of anilines is 2. The molecule has 32 heavy (non-hydrogen) atoms. The fourth-order valence-corrected chi connectivity index (χ4v) is 3.18. The average molecular weight is 428 g/mol. The molecule has 3 aromatic carbocycles. The Morgan fingerprint density at radius 1 is 1.03 bits per heavy atom. The second-order valence-electron chi connectivity index (χ2n) is 6.95. The summed E-state index contributed by atoms with van der Waals surface area (Å²) in [5, 5.41) is 18.5. The van der Waals surface area contributed by atoms with Gasteiger partial charge in [-0.15, -0.1) is 0 Å². The number of nitrogens with one attached hydrogen (secondary N) is 2. The van der Waals surface area contributed by atoms with Crippen LogP contribution in [-0.2, 0) is 4.79 Å². The molecule has 0 saturated heterocycles. The number of para-hydroxylation sites is 1. The average Bonchev–Trinajstić information content (AvgIpc) is 2.82. The maximum atomic E-state index is 12.8. The molecule has 0 aliphatic rings. The third-order valence-corrected chi connectivity index (χ3v) is 4.82. The number of carbonyl (C=O) groups is 2. The van der Waals surface area contributed by atoms with E-state index in [1.807, 2.05) is 42.5 Å². The Labute approximate surface area is 186 Å². The zero-order chi connectivity index (χ0) is 22.9. The van der Waals surface area contributed by atoms with Gasteiger partial charge in [-0.05, 0) is 54.0 Å². The monoisotopic (exact) mass is 428 g/mol. The van der Waals surface area contributed by atoms with Crippen LogP contribution in [0.25, 0.3) is 17.2 Å². The molecule has 0 atom stereocenters. The minimum Gasteiger partial charge on any atom is -0.478 e. The third-order valence-electron chi connectivity index (χ3n) is 4.82. The van der Waals surface area contributed by atoms with Crippen LogP contribution in [0.1, 0.15) is 29.3 Å². The highest BCUT2D eigenvalue weighted by Crippen LogP contribution is 2.28. The van der Waals surface area contributed by atoms with Crippen LogP contribution in [0.15, 0.2) is 83.5 Å². The van der Waals surface area contributed by atoms with E-state index in [4.69, 9.17) is 10.9 Å². The van der Waals surface area contributed by atoms with Gasteiger partial charge in [-0.25, -0.2) is 4.79 Å². The summed E-state index contributed by atoms with van der Waals surface area (Å²) in [6, 6.07) is 22.0. The number of hydrazone groups is 1. The van der Waals surface area contributed by atoms with Crippen molar-refractivity contribution in [3.8, 4) is 11.1 Å². The Morgan fingerprint density at radius 3 is 2.47 bits per heavy atom. The number of amides is 1. The molecule has 0 aromatic heterocycles. The molecule has 162 valence electrons. The Bertz CT molecular complexity index is 1170. The van der Waals surface area contributed by atoms with Crippen LogP contribution in [0.2, 0.25) is 0 Å². The van der Waals surface area contributed by atoms with Gasteiger partial charge in [-0.2, -0.15) is 5.10 Å². The lowest BCUT2D eigenvalue weighted by atomic mass is 10.0. The van der Waals surface area contributed by atoms with Gasteiger partial charge in [0.2, 0.25) is 0 Å². The Morgan fingerprint density at radius 2 is 1.78 bits per heavy atom. The summed E-state index contributed by atoms with van der Waals surface area (Å²) < 4.78 is 0. The van der Waals surface area contributed by atoms with E-state index in [0.29, 0.717) is 23.2 Å². The summed E-state index contributed by atoms with van der Waals surface area (Å²) in [7, 11) is 0. The second-order valence-corrected chi connectivity index (χ2v) is 6.95. The largest absolute Gasteiger partial charge is 0.478 e.